The zero-order chi connectivity index (χ0) is 22.1. The van der Waals surface area contributed by atoms with Crippen LogP contribution in [0, 0.1) is 5.92 Å². The molecule has 2 heterocycles. The van der Waals surface area contributed by atoms with Crippen LogP contribution in [0.4, 0.5) is 0 Å². The van der Waals surface area contributed by atoms with Crippen LogP contribution in [0.2, 0.25) is 0 Å². The molecule has 2 unspecified atom stereocenters. The summed E-state index contributed by atoms with van der Waals surface area (Å²) in [7, 11) is 0. The van der Waals surface area contributed by atoms with Crippen molar-refractivity contribution in [2.45, 2.75) is 18.0 Å². The average Bonchev–Trinajstić information content (AvgIpc) is 3.47. The van der Waals surface area contributed by atoms with E-state index in [2.05, 4.69) is 41.3 Å². The van der Waals surface area contributed by atoms with E-state index < -0.39 is 5.54 Å². The minimum absolute atomic E-state index is 0.0842. The van der Waals surface area contributed by atoms with Crippen molar-refractivity contribution in [3.05, 3.63) is 108 Å². The van der Waals surface area contributed by atoms with Crippen LogP contribution >= 0.6 is 0 Å². The molecule has 0 spiro atoms. The number of rotatable bonds is 6. The van der Waals surface area contributed by atoms with Crippen molar-refractivity contribution in [3.8, 4) is 0 Å². The van der Waals surface area contributed by atoms with Crippen LogP contribution in [0.25, 0.3) is 0 Å². The Morgan fingerprint density at radius 3 is 1.62 bits per heavy atom. The van der Waals surface area contributed by atoms with Gasteiger partial charge in [0.2, 0.25) is 11.8 Å². The highest BCUT2D eigenvalue weighted by Crippen LogP contribution is 2.48. The van der Waals surface area contributed by atoms with Gasteiger partial charge in [0.1, 0.15) is 6.04 Å². The first-order valence-corrected chi connectivity index (χ1v) is 11.1. The van der Waals surface area contributed by atoms with Gasteiger partial charge in [0.15, 0.2) is 0 Å². The van der Waals surface area contributed by atoms with Gasteiger partial charge < -0.3 is 10.6 Å². The van der Waals surface area contributed by atoms with Crippen LogP contribution in [0.3, 0.4) is 0 Å². The van der Waals surface area contributed by atoms with Crippen molar-refractivity contribution in [2.75, 3.05) is 19.6 Å². The molecule has 3 aromatic carbocycles. The lowest BCUT2D eigenvalue weighted by molar-refractivity contribution is -0.131. The molecule has 0 bridgehead atoms. The molecule has 2 amide bonds. The number of nitrogens with zero attached hydrogens (tertiary/aromatic N) is 2. The fraction of sp³-hybridized carbons (Fsp3) is 0.259. The Labute approximate surface area is 188 Å². The second-order valence-electron chi connectivity index (χ2n) is 8.65. The summed E-state index contributed by atoms with van der Waals surface area (Å²) < 4.78 is 0. The van der Waals surface area contributed by atoms with Gasteiger partial charge in [-0.05, 0) is 23.1 Å². The van der Waals surface area contributed by atoms with E-state index in [0.717, 1.165) is 16.7 Å². The molecule has 2 fully saturated rings. The van der Waals surface area contributed by atoms with E-state index in [1.165, 1.54) is 0 Å². The number of benzene rings is 3. The lowest BCUT2D eigenvalue weighted by Gasteiger charge is -2.38. The summed E-state index contributed by atoms with van der Waals surface area (Å²) in [6.07, 6.45) is 0.648. The Kier molecular flexibility index (Phi) is 5.27. The Bertz CT molecular complexity index is 1000. The molecule has 0 aromatic heterocycles. The molecule has 3 aromatic rings. The van der Waals surface area contributed by atoms with E-state index in [-0.39, 0.29) is 23.8 Å². The van der Waals surface area contributed by atoms with Crippen molar-refractivity contribution in [2.24, 2.45) is 11.7 Å². The Balaban J connectivity index is 1.58. The number of hydrogen-bond acceptors (Lipinski definition) is 3. The quantitative estimate of drug-likeness (QED) is 0.488. The van der Waals surface area contributed by atoms with Crippen LogP contribution in [-0.2, 0) is 15.1 Å². The molecule has 3 atom stereocenters. The highest BCUT2D eigenvalue weighted by molar-refractivity contribution is 5.87. The topological polar surface area (TPSA) is 66.4 Å². The lowest BCUT2D eigenvalue weighted by Crippen LogP contribution is -2.42. The summed E-state index contributed by atoms with van der Waals surface area (Å²) >= 11 is 0. The van der Waals surface area contributed by atoms with Gasteiger partial charge >= 0.3 is 0 Å². The maximum absolute atomic E-state index is 13.5. The molecular formula is C27H27N3O2. The van der Waals surface area contributed by atoms with Gasteiger partial charge in [0, 0.05) is 19.6 Å². The van der Waals surface area contributed by atoms with Crippen molar-refractivity contribution in [1.82, 2.24) is 9.80 Å². The predicted molar refractivity (Wildman–Crippen MR) is 124 cm³/mol. The maximum atomic E-state index is 13.5. The zero-order valence-electron chi connectivity index (χ0n) is 17.9. The Morgan fingerprint density at radius 2 is 1.22 bits per heavy atom. The van der Waals surface area contributed by atoms with Gasteiger partial charge in [-0.2, -0.15) is 0 Å². The summed E-state index contributed by atoms with van der Waals surface area (Å²) in [5.74, 6) is -0.477. The number of carbonyl (C=O) groups excluding carboxylic acids is 2. The molecule has 5 nitrogen and oxygen atoms in total. The summed E-state index contributed by atoms with van der Waals surface area (Å²) in [6, 6.07) is 30.9. The normalized spacial score (nSPS) is 22.5. The predicted octanol–water partition coefficient (Wildman–Crippen LogP) is 3.00. The monoisotopic (exact) mass is 425 g/mol. The van der Waals surface area contributed by atoms with Crippen molar-refractivity contribution < 1.29 is 9.59 Å². The maximum Gasteiger partial charge on any atom is 0.241 e. The molecular weight excluding hydrogens is 398 g/mol. The van der Waals surface area contributed by atoms with E-state index in [0.29, 0.717) is 26.1 Å². The second-order valence-corrected chi connectivity index (χ2v) is 8.65. The first kappa shape index (κ1) is 20.5. The third kappa shape index (κ3) is 3.39. The van der Waals surface area contributed by atoms with Crippen LogP contribution in [0.5, 0.6) is 0 Å². The van der Waals surface area contributed by atoms with Crippen LogP contribution < -0.4 is 5.73 Å². The lowest BCUT2D eigenvalue weighted by atomic mass is 9.76. The molecule has 0 aliphatic carbocycles. The summed E-state index contributed by atoms with van der Waals surface area (Å²) in [5.41, 5.74) is 8.30. The van der Waals surface area contributed by atoms with Gasteiger partial charge in [-0.1, -0.05) is 91.0 Å². The van der Waals surface area contributed by atoms with Gasteiger partial charge in [-0.25, -0.2) is 0 Å². The highest BCUT2D eigenvalue weighted by Gasteiger charge is 2.57. The van der Waals surface area contributed by atoms with E-state index in [1.54, 1.807) is 0 Å². The van der Waals surface area contributed by atoms with E-state index in [9.17, 15) is 9.59 Å². The minimum Gasteiger partial charge on any atom is -0.369 e. The number of nitrogens with two attached hydrogens (primary N) is 1. The summed E-state index contributed by atoms with van der Waals surface area (Å²) in [4.78, 5) is 29.2. The minimum atomic E-state index is -0.576. The van der Waals surface area contributed by atoms with Crippen molar-refractivity contribution >= 4 is 11.8 Å². The standard InChI is InChI=1S/C27H27N3O2/c28-25(31)20-16-17-29(18-20)26(32)24-19-30(24)27(21-10-4-1-5-11-21,22-12-6-2-7-13-22)23-14-8-3-9-15-23/h1-15,20,24H,16-19H2,(H2,28,31)/t20?,24-,30?/m0/s1. The van der Waals surface area contributed by atoms with Crippen molar-refractivity contribution in [3.63, 3.8) is 0 Å². The Morgan fingerprint density at radius 1 is 0.750 bits per heavy atom. The van der Waals surface area contributed by atoms with Crippen molar-refractivity contribution in [1.29, 1.82) is 0 Å². The van der Waals surface area contributed by atoms with E-state index in [1.807, 2.05) is 59.5 Å². The largest absolute Gasteiger partial charge is 0.369 e. The van der Waals surface area contributed by atoms with Crippen LogP contribution in [0.1, 0.15) is 23.1 Å². The van der Waals surface area contributed by atoms with E-state index in [4.69, 9.17) is 5.73 Å². The highest BCUT2D eigenvalue weighted by atomic mass is 16.2. The fourth-order valence-electron chi connectivity index (χ4n) is 5.16. The Hall–Kier alpha value is -3.44. The number of primary amides is 1. The van der Waals surface area contributed by atoms with Crippen LogP contribution in [-0.4, -0.2) is 47.3 Å². The molecule has 162 valence electrons. The van der Waals surface area contributed by atoms with Gasteiger partial charge in [0.05, 0.1) is 11.5 Å². The fourth-order valence-corrected chi connectivity index (χ4v) is 5.16. The summed E-state index contributed by atoms with van der Waals surface area (Å²) in [5, 5.41) is 0. The van der Waals surface area contributed by atoms with Gasteiger partial charge in [-0.15, -0.1) is 0 Å². The molecule has 5 rings (SSSR count). The number of likely N-dealkylation sites (tertiary alicyclic amines) is 1. The molecule has 0 saturated carbocycles. The molecule has 2 aliphatic heterocycles. The second kappa shape index (κ2) is 8.24. The number of carbonyl (C=O) groups is 2. The smallest absolute Gasteiger partial charge is 0.241 e. The zero-order valence-corrected chi connectivity index (χ0v) is 17.9. The number of amides is 2. The van der Waals surface area contributed by atoms with E-state index >= 15 is 0 Å². The molecule has 0 radical (unpaired) electrons. The SMILES string of the molecule is NC(=O)C1CCN(C(=O)[C@@H]2CN2C(c2ccccc2)(c2ccccc2)c2ccccc2)C1. The third-order valence-electron chi connectivity index (χ3n) is 6.81. The van der Waals surface area contributed by atoms with Gasteiger partial charge in [0.25, 0.3) is 0 Å². The molecule has 2 N–H and O–H groups in total. The molecule has 2 saturated heterocycles. The summed E-state index contributed by atoms with van der Waals surface area (Å²) in [6.45, 7) is 1.68. The molecule has 32 heavy (non-hydrogen) atoms. The third-order valence-corrected chi connectivity index (χ3v) is 6.81. The van der Waals surface area contributed by atoms with Gasteiger partial charge in [-0.3, -0.25) is 14.5 Å². The average molecular weight is 426 g/mol. The first-order chi connectivity index (χ1) is 15.6. The number of hydrogen-bond donors (Lipinski definition) is 1. The molecule has 2 aliphatic rings. The van der Waals surface area contributed by atoms with Crippen LogP contribution in [0.15, 0.2) is 91.0 Å². The molecule has 5 heteroatoms. The first-order valence-electron chi connectivity index (χ1n) is 11.1.